The van der Waals surface area contributed by atoms with Crippen molar-refractivity contribution in [3.63, 3.8) is 0 Å². The van der Waals surface area contributed by atoms with Gasteiger partial charge >= 0.3 is 0 Å². The van der Waals surface area contributed by atoms with Crippen LogP contribution in [-0.4, -0.2) is 48.1 Å². The first-order chi connectivity index (χ1) is 8.52. The number of rotatable bonds is 3. The summed E-state index contributed by atoms with van der Waals surface area (Å²) >= 11 is 1.95. The van der Waals surface area contributed by atoms with E-state index >= 15 is 0 Å². The Kier molecular flexibility index (Phi) is 4.25. The van der Waals surface area contributed by atoms with Gasteiger partial charge in [-0.15, -0.1) is 0 Å². The van der Waals surface area contributed by atoms with Crippen molar-refractivity contribution in [2.45, 2.75) is 24.9 Å². The highest BCUT2D eigenvalue weighted by Crippen LogP contribution is 2.28. The second-order valence-corrected chi connectivity index (χ2v) is 5.33. The molecule has 2 aliphatic heterocycles. The molecule has 0 aliphatic carbocycles. The molecule has 0 aromatic carbocycles. The van der Waals surface area contributed by atoms with E-state index < -0.39 is 6.10 Å². The Morgan fingerprint density at radius 2 is 2.50 bits per heavy atom. The quantitative estimate of drug-likeness (QED) is 0.703. The van der Waals surface area contributed by atoms with Crippen molar-refractivity contribution in [3.05, 3.63) is 22.2 Å². The van der Waals surface area contributed by atoms with Crippen LogP contribution >= 0.6 is 22.6 Å². The van der Waals surface area contributed by atoms with E-state index in [2.05, 4.69) is 11.9 Å². The van der Waals surface area contributed by atoms with E-state index in [1.807, 2.05) is 22.6 Å². The van der Waals surface area contributed by atoms with Crippen LogP contribution in [0.5, 0.6) is 0 Å². The van der Waals surface area contributed by atoms with E-state index in [1.165, 1.54) is 0 Å². The molecule has 0 saturated carbocycles. The minimum atomic E-state index is -0.577. The Morgan fingerprint density at radius 3 is 3.17 bits per heavy atom. The number of hydrogen-bond donors (Lipinski definition) is 2. The first kappa shape index (κ1) is 13.8. The third-order valence-corrected chi connectivity index (χ3v) is 3.65. The van der Waals surface area contributed by atoms with Gasteiger partial charge < -0.3 is 24.8 Å². The number of halogens is 1. The molecule has 0 unspecified atom stereocenters. The number of carbonyl (C=O) groups excluding carboxylic acids is 1. The molecule has 0 aromatic rings. The van der Waals surface area contributed by atoms with Crippen molar-refractivity contribution < 1.29 is 19.4 Å². The van der Waals surface area contributed by atoms with E-state index in [1.54, 1.807) is 18.2 Å². The number of amides is 1. The summed E-state index contributed by atoms with van der Waals surface area (Å²) in [6, 6.07) is 0. The summed E-state index contributed by atoms with van der Waals surface area (Å²) in [7, 11) is 1.56. The zero-order valence-electron chi connectivity index (χ0n) is 9.93. The molecule has 7 heteroatoms. The third-order valence-electron chi connectivity index (χ3n) is 2.88. The average Bonchev–Trinajstić information content (AvgIpc) is 2.66. The Bertz CT molecular complexity index is 399. The molecule has 3 atom stereocenters. The first-order valence-corrected chi connectivity index (χ1v) is 6.59. The minimum Gasteiger partial charge on any atom is -0.390 e. The molecule has 100 valence electrons. The van der Waals surface area contributed by atoms with Crippen LogP contribution < -0.4 is 5.32 Å². The van der Waals surface area contributed by atoms with E-state index in [0.29, 0.717) is 22.4 Å². The maximum absolute atomic E-state index is 11.4. The van der Waals surface area contributed by atoms with Gasteiger partial charge in [0.1, 0.15) is 18.2 Å². The Morgan fingerprint density at radius 1 is 1.78 bits per heavy atom. The van der Waals surface area contributed by atoms with Gasteiger partial charge in [0.15, 0.2) is 0 Å². The molecule has 1 fully saturated rings. The standard InChI is InChI=1S/C11H15IN2O4/c1-6-13-11(16)7(12)4-14(6)10-3-8(15)9(18-10)5-17-2/h4,8-10,15H,1,3,5H2,2H3,(H,13,16)/t8-,9+,10+/m0/s1. The SMILES string of the molecule is C=C1NC(=O)C(I)=CN1[C@H]1C[C@H](O)[C@@H](COC)O1. The van der Waals surface area contributed by atoms with Gasteiger partial charge in [0, 0.05) is 19.7 Å². The summed E-state index contributed by atoms with van der Waals surface area (Å²) in [5.74, 6) is 0.277. The van der Waals surface area contributed by atoms with Crippen LogP contribution in [-0.2, 0) is 14.3 Å². The number of hydrogen-bond acceptors (Lipinski definition) is 5. The van der Waals surface area contributed by atoms with Crippen molar-refractivity contribution in [1.29, 1.82) is 0 Å². The second-order valence-electron chi connectivity index (χ2n) is 4.17. The number of ether oxygens (including phenoxy) is 2. The van der Waals surface area contributed by atoms with Crippen molar-refractivity contribution >= 4 is 28.5 Å². The van der Waals surface area contributed by atoms with E-state index in [9.17, 15) is 9.90 Å². The fourth-order valence-electron chi connectivity index (χ4n) is 1.97. The lowest BCUT2D eigenvalue weighted by Crippen LogP contribution is -2.42. The van der Waals surface area contributed by atoms with Crippen molar-refractivity contribution in [2.75, 3.05) is 13.7 Å². The van der Waals surface area contributed by atoms with Crippen molar-refractivity contribution in [3.8, 4) is 0 Å². The highest BCUT2D eigenvalue weighted by molar-refractivity contribution is 14.1. The summed E-state index contributed by atoms with van der Waals surface area (Å²) in [5, 5.41) is 12.5. The van der Waals surface area contributed by atoms with Crippen molar-refractivity contribution in [2.24, 2.45) is 0 Å². The summed E-state index contributed by atoms with van der Waals surface area (Å²) in [6.07, 6.45) is 0.860. The predicted octanol–water partition coefficient (Wildman–Crippen LogP) is 0.288. The van der Waals surface area contributed by atoms with Crippen LogP contribution in [0.25, 0.3) is 0 Å². The molecule has 0 bridgehead atoms. The van der Waals surface area contributed by atoms with Gasteiger partial charge in [-0.3, -0.25) is 4.79 Å². The highest BCUT2D eigenvalue weighted by Gasteiger charge is 2.38. The molecule has 1 amide bonds. The summed E-state index contributed by atoms with van der Waals surface area (Å²) in [4.78, 5) is 13.1. The molecule has 0 spiro atoms. The number of aliphatic hydroxyl groups is 1. The Balaban J connectivity index is 2.09. The summed E-state index contributed by atoms with van der Waals surface area (Å²) in [5.41, 5.74) is 0. The van der Waals surface area contributed by atoms with Crippen LogP contribution in [0.1, 0.15) is 6.42 Å². The molecule has 6 nitrogen and oxygen atoms in total. The van der Waals surface area contributed by atoms with Crippen LogP contribution in [0.3, 0.4) is 0 Å². The zero-order chi connectivity index (χ0) is 13.3. The van der Waals surface area contributed by atoms with Gasteiger partial charge in [-0.1, -0.05) is 6.58 Å². The molecule has 2 aliphatic rings. The predicted molar refractivity (Wildman–Crippen MR) is 72.4 cm³/mol. The Hall–Kier alpha value is -0.640. The topological polar surface area (TPSA) is 71.0 Å². The first-order valence-electron chi connectivity index (χ1n) is 5.51. The molecule has 2 heterocycles. The molecular weight excluding hydrogens is 351 g/mol. The molecule has 1 saturated heterocycles. The molecular formula is C11H15IN2O4. The Labute approximate surface area is 119 Å². The fraction of sp³-hybridized carbons (Fsp3) is 0.545. The van der Waals surface area contributed by atoms with Gasteiger partial charge in [-0.05, 0) is 22.6 Å². The largest absolute Gasteiger partial charge is 0.390 e. The second kappa shape index (κ2) is 5.55. The van der Waals surface area contributed by atoms with E-state index in [-0.39, 0.29) is 18.2 Å². The van der Waals surface area contributed by atoms with Crippen LogP contribution in [0, 0.1) is 0 Å². The molecule has 18 heavy (non-hydrogen) atoms. The fourth-order valence-corrected chi connectivity index (χ4v) is 2.41. The minimum absolute atomic E-state index is 0.177. The van der Waals surface area contributed by atoms with E-state index in [4.69, 9.17) is 9.47 Å². The number of methoxy groups -OCH3 is 1. The normalized spacial score (nSPS) is 32.5. The smallest absolute Gasteiger partial charge is 0.264 e. The monoisotopic (exact) mass is 366 g/mol. The van der Waals surface area contributed by atoms with Crippen LogP contribution in [0.15, 0.2) is 22.2 Å². The summed E-state index contributed by atoms with van der Waals surface area (Å²) in [6.45, 7) is 4.11. The van der Waals surface area contributed by atoms with Gasteiger partial charge in [0.2, 0.25) is 0 Å². The van der Waals surface area contributed by atoms with Crippen molar-refractivity contribution in [1.82, 2.24) is 10.2 Å². The van der Waals surface area contributed by atoms with E-state index in [0.717, 1.165) is 0 Å². The van der Waals surface area contributed by atoms with Gasteiger partial charge in [0.05, 0.1) is 16.3 Å². The van der Waals surface area contributed by atoms with Crippen LogP contribution in [0.2, 0.25) is 0 Å². The maximum Gasteiger partial charge on any atom is 0.264 e. The number of nitrogens with zero attached hydrogens (tertiary/aromatic N) is 1. The summed E-state index contributed by atoms with van der Waals surface area (Å²) < 4.78 is 11.2. The third kappa shape index (κ3) is 2.68. The molecule has 0 radical (unpaired) electrons. The lowest BCUT2D eigenvalue weighted by Gasteiger charge is -2.32. The van der Waals surface area contributed by atoms with Gasteiger partial charge in [-0.2, -0.15) is 0 Å². The zero-order valence-corrected chi connectivity index (χ0v) is 12.1. The number of aliphatic hydroxyl groups excluding tert-OH is 1. The number of carbonyl (C=O) groups is 1. The lowest BCUT2D eigenvalue weighted by atomic mass is 10.2. The highest BCUT2D eigenvalue weighted by atomic mass is 127. The molecule has 2 rings (SSSR count). The molecule has 2 N–H and O–H groups in total. The maximum atomic E-state index is 11.4. The average molecular weight is 366 g/mol. The van der Waals surface area contributed by atoms with Crippen LogP contribution in [0.4, 0.5) is 0 Å². The molecule has 0 aromatic heterocycles. The lowest BCUT2D eigenvalue weighted by molar-refractivity contribution is -0.118. The van der Waals surface area contributed by atoms with Gasteiger partial charge in [-0.25, -0.2) is 0 Å². The number of nitrogens with one attached hydrogen (secondary N) is 1. The van der Waals surface area contributed by atoms with Gasteiger partial charge in [0.25, 0.3) is 5.91 Å².